The van der Waals surface area contributed by atoms with Crippen LogP contribution in [0.3, 0.4) is 0 Å². The molecule has 1 heterocycles. The number of unbranched alkanes of at least 4 members (excludes halogenated alkanes) is 3. The zero-order valence-corrected chi connectivity index (χ0v) is 11.3. The topological polar surface area (TPSA) is 64.6 Å². The molecule has 0 aliphatic carbocycles. The average Bonchev–Trinajstić information content (AvgIpc) is 2.42. The second-order valence-electron chi connectivity index (χ2n) is 4.05. The molecular weight excluding hydrogens is 242 g/mol. The summed E-state index contributed by atoms with van der Waals surface area (Å²) in [6, 6.07) is 0. The largest absolute Gasteiger partial charge is 0.375 e. The molecule has 1 unspecified atom stereocenters. The van der Waals surface area contributed by atoms with E-state index < -0.39 is 10.3 Å². The van der Waals surface area contributed by atoms with Crippen molar-refractivity contribution in [1.29, 1.82) is 0 Å². The number of hydrogen-bond acceptors (Lipinski definition) is 4. The highest BCUT2D eigenvalue weighted by molar-refractivity contribution is 7.84. The zero-order valence-electron chi connectivity index (χ0n) is 10.4. The van der Waals surface area contributed by atoms with E-state index in [0.29, 0.717) is 12.1 Å². The van der Waals surface area contributed by atoms with E-state index in [1.807, 2.05) is 6.08 Å². The first-order chi connectivity index (χ1) is 8.09. The van der Waals surface area contributed by atoms with Crippen LogP contribution in [0.25, 0.3) is 0 Å². The van der Waals surface area contributed by atoms with Crippen LogP contribution in [0.5, 0.6) is 0 Å². The molecule has 6 heteroatoms. The summed E-state index contributed by atoms with van der Waals surface area (Å²) >= 11 is 0. The number of nitrogens with one attached hydrogen (secondary N) is 1. The second kappa shape index (κ2) is 6.98. The molecule has 17 heavy (non-hydrogen) atoms. The molecule has 1 aliphatic heterocycles. The maximum absolute atomic E-state index is 11.4. The van der Waals surface area contributed by atoms with Crippen LogP contribution in [0, 0.1) is 0 Å². The lowest BCUT2D eigenvalue weighted by Crippen LogP contribution is -2.28. The number of methoxy groups -OCH3 is 1. The summed E-state index contributed by atoms with van der Waals surface area (Å²) in [6.45, 7) is 2.29. The summed E-state index contributed by atoms with van der Waals surface area (Å²) in [6.07, 6.45) is 6.41. The molecule has 0 bridgehead atoms. The van der Waals surface area contributed by atoms with Crippen molar-refractivity contribution in [2.45, 2.75) is 45.1 Å². The number of rotatable bonds is 5. The van der Waals surface area contributed by atoms with Crippen LogP contribution in [0.1, 0.15) is 39.0 Å². The number of allylic oxidation sites excluding steroid dienone is 1. The van der Waals surface area contributed by atoms with Gasteiger partial charge in [-0.1, -0.05) is 25.8 Å². The Hall–Kier alpha value is -0.590. The standard InChI is InChI=1S/C11H21NO4S/c1-3-4-5-6-7-10-11(15-2)8-9-16-17(13,14)12-10/h7,11-12H,3-6,8-9H2,1-2H3/b10-7+. The fourth-order valence-corrected chi connectivity index (χ4v) is 2.61. The molecule has 1 rings (SSSR count). The van der Waals surface area contributed by atoms with Crippen LogP contribution in [-0.2, 0) is 19.2 Å². The minimum Gasteiger partial charge on any atom is -0.375 e. The van der Waals surface area contributed by atoms with Crippen LogP contribution < -0.4 is 4.72 Å². The molecule has 0 saturated carbocycles. The fraction of sp³-hybridized carbons (Fsp3) is 0.818. The van der Waals surface area contributed by atoms with E-state index in [4.69, 9.17) is 8.92 Å². The third-order valence-electron chi connectivity index (χ3n) is 2.66. The summed E-state index contributed by atoms with van der Waals surface area (Å²) < 4.78 is 35.2. The second-order valence-corrected chi connectivity index (χ2v) is 5.39. The first kappa shape index (κ1) is 14.5. The molecule has 0 spiro atoms. The van der Waals surface area contributed by atoms with Gasteiger partial charge in [-0.3, -0.25) is 8.91 Å². The lowest BCUT2D eigenvalue weighted by atomic mass is 10.1. The quantitative estimate of drug-likeness (QED) is 0.767. The first-order valence-corrected chi connectivity index (χ1v) is 7.40. The molecular formula is C11H21NO4S. The van der Waals surface area contributed by atoms with Crippen molar-refractivity contribution in [2.75, 3.05) is 13.7 Å². The van der Waals surface area contributed by atoms with E-state index in [-0.39, 0.29) is 12.7 Å². The Morgan fingerprint density at radius 3 is 2.94 bits per heavy atom. The third-order valence-corrected chi connectivity index (χ3v) is 3.63. The van der Waals surface area contributed by atoms with Crippen LogP contribution >= 0.6 is 0 Å². The summed E-state index contributed by atoms with van der Waals surface area (Å²) in [5, 5.41) is 0. The van der Waals surface area contributed by atoms with Gasteiger partial charge in [-0.15, -0.1) is 0 Å². The SMILES string of the molecule is CCCCC/C=C1/NS(=O)(=O)OCCC1OC. The first-order valence-electron chi connectivity index (χ1n) is 5.99. The molecule has 0 radical (unpaired) electrons. The van der Waals surface area contributed by atoms with Gasteiger partial charge in [-0.05, 0) is 12.8 Å². The average molecular weight is 263 g/mol. The molecule has 1 aliphatic rings. The van der Waals surface area contributed by atoms with Crippen molar-refractivity contribution in [1.82, 2.24) is 4.72 Å². The molecule has 0 amide bonds. The maximum atomic E-state index is 11.4. The Morgan fingerprint density at radius 1 is 1.53 bits per heavy atom. The Morgan fingerprint density at radius 2 is 2.29 bits per heavy atom. The lowest BCUT2D eigenvalue weighted by Gasteiger charge is -2.15. The minimum atomic E-state index is -3.65. The summed E-state index contributed by atoms with van der Waals surface area (Å²) in [7, 11) is -2.08. The van der Waals surface area contributed by atoms with Gasteiger partial charge in [-0.2, -0.15) is 8.42 Å². The molecule has 5 nitrogen and oxygen atoms in total. The van der Waals surface area contributed by atoms with Crippen molar-refractivity contribution in [3.8, 4) is 0 Å². The van der Waals surface area contributed by atoms with Gasteiger partial charge >= 0.3 is 10.3 Å². The van der Waals surface area contributed by atoms with Gasteiger partial charge in [0.25, 0.3) is 0 Å². The normalized spacial score (nSPS) is 26.5. The van der Waals surface area contributed by atoms with E-state index in [1.54, 1.807) is 7.11 Å². The monoisotopic (exact) mass is 263 g/mol. The van der Waals surface area contributed by atoms with Gasteiger partial charge in [0.1, 0.15) is 0 Å². The molecule has 1 N–H and O–H groups in total. The highest BCUT2D eigenvalue weighted by atomic mass is 32.2. The summed E-state index contributed by atoms with van der Waals surface area (Å²) in [5.74, 6) is 0. The highest BCUT2D eigenvalue weighted by Crippen LogP contribution is 2.16. The number of ether oxygens (including phenoxy) is 1. The predicted molar refractivity (Wildman–Crippen MR) is 65.6 cm³/mol. The van der Waals surface area contributed by atoms with Gasteiger partial charge in [0.2, 0.25) is 0 Å². The summed E-state index contributed by atoms with van der Waals surface area (Å²) in [5.41, 5.74) is 0.598. The Labute approximate surface area is 103 Å². The van der Waals surface area contributed by atoms with Crippen LogP contribution in [0.15, 0.2) is 11.8 Å². The van der Waals surface area contributed by atoms with Gasteiger partial charge in [0.05, 0.1) is 18.4 Å². The Balaban J connectivity index is 2.67. The van der Waals surface area contributed by atoms with Crippen LogP contribution in [0.2, 0.25) is 0 Å². The molecule has 1 fully saturated rings. The van der Waals surface area contributed by atoms with Gasteiger partial charge in [-0.25, -0.2) is 0 Å². The summed E-state index contributed by atoms with van der Waals surface area (Å²) in [4.78, 5) is 0. The third kappa shape index (κ3) is 5.06. The Kier molecular flexibility index (Phi) is 5.94. The van der Waals surface area contributed by atoms with Gasteiger partial charge in [0.15, 0.2) is 0 Å². The van der Waals surface area contributed by atoms with Gasteiger partial charge in [0, 0.05) is 13.5 Å². The van der Waals surface area contributed by atoms with Crippen molar-refractivity contribution in [3.05, 3.63) is 11.8 Å². The van der Waals surface area contributed by atoms with Crippen LogP contribution in [0.4, 0.5) is 0 Å². The van der Waals surface area contributed by atoms with Crippen molar-refractivity contribution in [3.63, 3.8) is 0 Å². The van der Waals surface area contributed by atoms with E-state index in [9.17, 15) is 8.42 Å². The van der Waals surface area contributed by atoms with Crippen molar-refractivity contribution < 1.29 is 17.3 Å². The van der Waals surface area contributed by atoms with Crippen molar-refractivity contribution in [2.24, 2.45) is 0 Å². The van der Waals surface area contributed by atoms with Crippen molar-refractivity contribution >= 4 is 10.3 Å². The number of hydrogen-bond donors (Lipinski definition) is 1. The predicted octanol–water partition coefficient (Wildman–Crippen LogP) is 1.72. The molecule has 1 atom stereocenters. The smallest absolute Gasteiger partial charge is 0.359 e. The molecule has 100 valence electrons. The fourth-order valence-electron chi connectivity index (χ4n) is 1.73. The van der Waals surface area contributed by atoms with E-state index in [0.717, 1.165) is 25.7 Å². The van der Waals surface area contributed by atoms with E-state index in [1.165, 1.54) is 0 Å². The highest BCUT2D eigenvalue weighted by Gasteiger charge is 2.24. The molecule has 0 aromatic rings. The zero-order chi connectivity index (χ0) is 12.7. The molecule has 0 aromatic heterocycles. The lowest BCUT2D eigenvalue weighted by molar-refractivity contribution is 0.112. The minimum absolute atomic E-state index is 0.153. The molecule has 0 aromatic carbocycles. The van der Waals surface area contributed by atoms with Gasteiger partial charge < -0.3 is 4.74 Å². The van der Waals surface area contributed by atoms with Crippen LogP contribution in [-0.4, -0.2) is 28.2 Å². The maximum Gasteiger partial charge on any atom is 0.359 e. The molecule has 1 saturated heterocycles. The van der Waals surface area contributed by atoms with E-state index in [2.05, 4.69) is 11.6 Å². The Bertz CT molecular complexity index is 350. The van der Waals surface area contributed by atoms with E-state index >= 15 is 0 Å².